The largest absolute Gasteiger partial charge is 0.399 e. The molecular formula is C17H24N2O2. The number of hydrogen-bond acceptors (Lipinski definition) is 4. The maximum absolute atomic E-state index is 6.17. The first-order chi connectivity index (χ1) is 10.2. The molecule has 2 fully saturated rings. The molecule has 0 radical (unpaired) electrons. The topological polar surface area (TPSA) is 47.7 Å². The monoisotopic (exact) mass is 288 g/mol. The fourth-order valence-corrected chi connectivity index (χ4v) is 4.10. The van der Waals surface area contributed by atoms with Gasteiger partial charge in [-0.25, -0.2) is 0 Å². The van der Waals surface area contributed by atoms with Crippen LogP contribution in [0.4, 0.5) is 5.69 Å². The second kappa shape index (κ2) is 5.27. The lowest BCUT2D eigenvalue weighted by Crippen LogP contribution is -2.50. The summed E-state index contributed by atoms with van der Waals surface area (Å²) in [6.45, 7) is 4.69. The number of anilines is 1. The van der Waals surface area contributed by atoms with Gasteiger partial charge in [-0.15, -0.1) is 0 Å². The standard InChI is InChI=1S/C17H24N2O2/c18-15-2-1-13-11-19(12-14(13)9-15)16-3-6-21-17(10-16)4-7-20-8-5-17/h1-2,9,16H,3-8,10-12,18H2. The van der Waals surface area contributed by atoms with Gasteiger partial charge in [-0.05, 0) is 48.9 Å². The first-order valence-electron chi connectivity index (χ1n) is 8.07. The second-order valence-electron chi connectivity index (χ2n) is 6.72. The van der Waals surface area contributed by atoms with Gasteiger partial charge < -0.3 is 15.2 Å². The number of fused-ring (bicyclic) bond motifs is 1. The Morgan fingerprint density at radius 3 is 2.76 bits per heavy atom. The van der Waals surface area contributed by atoms with E-state index in [9.17, 15) is 0 Å². The van der Waals surface area contributed by atoms with E-state index in [0.717, 1.165) is 64.3 Å². The van der Waals surface area contributed by atoms with Gasteiger partial charge in [-0.3, -0.25) is 4.90 Å². The highest BCUT2D eigenvalue weighted by Gasteiger charge is 2.41. The molecule has 1 aromatic rings. The van der Waals surface area contributed by atoms with Crippen molar-refractivity contribution < 1.29 is 9.47 Å². The van der Waals surface area contributed by atoms with Gasteiger partial charge in [0.2, 0.25) is 0 Å². The molecule has 3 aliphatic heterocycles. The van der Waals surface area contributed by atoms with Crippen molar-refractivity contribution in [3.63, 3.8) is 0 Å². The van der Waals surface area contributed by atoms with Gasteiger partial charge >= 0.3 is 0 Å². The van der Waals surface area contributed by atoms with Crippen LogP contribution in [0.2, 0.25) is 0 Å². The number of benzene rings is 1. The van der Waals surface area contributed by atoms with Crippen LogP contribution in [-0.4, -0.2) is 36.4 Å². The summed E-state index contributed by atoms with van der Waals surface area (Å²) in [6.07, 6.45) is 4.40. The van der Waals surface area contributed by atoms with E-state index in [-0.39, 0.29) is 5.60 Å². The Morgan fingerprint density at radius 1 is 1.10 bits per heavy atom. The zero-order valence-corrected chi connectivity index (χ0v) is 12.5. The minimum absolute atomic E-state index is 0.0783. The average molecular weight is 288 g/mol. The third-order valence-corrected chi connectivity index (χ3v) is 5.36. The van der Waals surface area contributed by atoms with E-state index in [1.165, 1.54) is 11.1 Å². The summed E-state index contributed by atoms with van der Waals surface area (Å²) in [4.78, 5) is 2.61. The third-order valence-electron chi connectivity index (χ3n) is 5.36. The third kappa shape index (κ3) is 2.56. The highest BCUT2D eigenvalue weighted by atomic mass is 16.5. The molecule has 3 aliphatic rings. The molecule has 2 N–H and O–H groups in total. The van der Waals surface area contributed by atoms with Crippen molar-refractivity contribution >= 4 is 5.69 Å². The lowest BCUT2D eigenvalue weighted by atomic mass is 9.83. The van der Waals surface area contributed by atoms with Crippen LogP contribution in [0.25, 0.3) is 0 Å². The number of nitrogen functional groups attached to an aromatic ring is 1. The Bertz CT molecular complexity index is 520. The average Bonchev–Trinajstić information content (AvgIpc) is 2.91. The van der Waals surface area contributed by atoms with Crippen LogP contribution in [0.3, 0.4) is 0 Å². The minimum atomic E-state index is 0.0783. The maximum atomic E-state index is 6.17. The summed E-state index contributed by atoms with van der Waals surface area (Å²) >= 11 is 0. The molecule has 0 aliphatic carbocycles. The first-order valence-corrected chi connectivity index (χ1v) is 8.07. The van der Waals surface area contributed by atoms with Crippen molar-refractivity contribution in [1.82, 2.24) is 4.90 Å². The van der Waals surface area contributed by atoms with E-state index in [0.29, 0.717) is 6.04 Å². The van der Waals surface area contributed by atoms with Gasteiger partial charge in [-0.1, -0.05) is 6.07 Å². The molecule has 4 rings (SSSR count). The Labute approximate surface area is 126 Å². The lowest BCUT2D eigenvalue weighted by Gasteiger charge is -2.45. The van der Waals surface area contributed by atoms with Crippen LogP contribution in [0.1, 0.15) is 36.8 Å². The van der Waals surface area contributed by atoms with Crippen molar-refractivity contribution in [2.45, 2.75) is 50.4 Å². The molecule has 4 nitrogen and oxygen atoms in total. The maximum Gasteiger partial charge on any atom is 0.0741 e. The predicted octanol–water partition coefficient (Wildman–Crippen LogP) is 2.31. The molecule has 0 aromatic heterocycles. The van der Waals surface area contributed by atoms with E-state index >= 15 is 0 Å². The summed E-state index contributed by atoms with van der Waals surface area (Å²) in [5, 5.41) is 0. The molecular weight excluding hydrogens is 264 g/mol. The Morgan fingerprint density at radius 2 is 1.90 bits per heavy atom. The molecule has 114 valence electrons. The van der Waals surface area contributed by atoms with Crippen LogP contribution in [0, 0.1) is 0 Å². The predicted molar refractivity (Wildman–Crippen MR) is 81.9 cm³/mol. The van der Waals surface area contributed by atoms with Crippen LogP contribution in [0.15, 0.2) is 18.2 Å². The number of ether oxygens (including phenoxy) is 2. The summed E-state index contributed by atoms with van der Waals surface area (Å²) in [6, 6.07) is 6.98. The van der Waals surface area contributed by atoms with Gasteiger partial charge in [0.05, 0.1) is 5.60 Å². The van der Waals surface area contributed by atoms with Crippen molar-refractivity contribution in [3.8, 4) is 0 Å². The van der Waals surface area contributed by atoms with Crippen LogP contribution in [-0.2, 0) is 22.6 Å². The highest BCUT2D eigenvalue weighted by Crippen LogP contribution is 2.38. The highest BCUT2D eigenvalue weighted by molar-refractivity contribution is 5.46. The van der Waals surface area contributed by atoms with E-state index in [4.69, 9.17) is 15.2 Å². The fourth-order valence-electron chi connectivity index (χ4n) is 4.10. The molecule has 1 atom stereocenters. The number of rotatable bonds is 1. The smallest absolute Gasteiger partial charge is 0.0741 e. The molecule has 21 heavy (non-hydrogen) atoms. The van der Waals surface area contributed by atoms with Crippen molar-refractivity contribution in [2.75, 3.05) is 25.6 Å². The van der Waals surface area contributed by atoms with Gasteiger partial charge in [0.15, 0.2) is 0 Å². The molecule has 1 unspecified atom stereocenters. The molecule has 2 saturated heterocycles. The van der Waals surface area contributed by atoms with Crippen molar-refractivity contribution in [3.05, 3.63) is 29.3 Å². The molecule has 3 heterocycles. The van der Waals surface area contributed by atoms with E-state index in [1.807, 2.05) is 6.07 Å². The van der Waals surface area contributed by atoms with Crippen molar-refractivity contribution in [2.24, 2.45) is 0 Å². The molecule has 1 spiro atoms. The Kier molecular flexibility index (Phi) is 3.40. The fraction of sp³-hybridized carbons (Fsp3) is 0.647. The molecule has 0 bridgehead atoms. The summed E-state index contributed by atoms with van der Waals surface area (Å²) in [7, 11) is 0. The van der Waals surface area contributed by atoms with Crippen molar-refractivity contribution in [1.29, 1.82) is 0 Å². The summed E-state index contributed by atoms with van der Waals surface area (Å²) in [5.74, 6) is 0. The second-order valence-corrected chi connectivity index (χ2v) is 6.72. The molecule has 1 aromatic carbocycles. The summed E-state index contributed by atoms with van der Waals surface area (Å²) in [5.41, 5.74) is 9.72. The zero-order valence-electron chi connectivity index (χ0n) is 12.5. The SMILES string of the molecule is Nc1ccc2c(c1)CN(C1CCOC3(CCOCC3)C1)C2. The van der Waals surface area contributed by atoms with E-state index < -0.39 is 0 Å². The molecule has 4 heteroatoms. The van der Waals surface area contributed by atoms with Crippen LogP contribution in [0.5, 0.6) is 0 Å². The van der Waals surface area contributed by atoms with E-state index in [1.54, 1.807) is 0 Å². The first kappa shape index (κ1) is 13.6. The van der Waals surface area contributed by atoms with Crippen LogP contribution >= 0.6 is 0 Å². The van der Waals surface area contributed by atoms with Gasteiger partial charge in [0.1, 0.15) is 0 Å². The number of nitrogens with zero attached hydrogens (tertiary/aromatic N) is 1. The normalized spacial score (nSPS) is 28.7. The Balaban J connectivity index is 1.48. The Hall–Kier alpha value is -1.10. The molecule has 0 amide bonds. The van der Waals surface area contributed by atoms with Crippen LogP contribution < -0.4 is 5.73 Å². The number of nitrogens with two attached hydrogens (primary N) is 1. The van der Waals surface area contributed by atoms with Gasteiger partial charge in [-0.2, -0.15) is 0 Å². The van der Waals surface area contributed by atoms with Gasteiger partial charge in [0.25, 0.3) is 0 Å². The van der Waals surface area contributed by atoms with E-state index in [2.05, 4.69) is 17.0 Å². The molecule has 0 saturated carbocycles. The lowest BCUT2D eigenvalue weighted by molar-refractivity contribution is -0.152. The minimum Gasteiger partial charge on any atom is -0.399 e. The number of hydrogen-bond donors (Lipinski definition) is 1. The quantitative estimate of drug-likeness (QED) is 0.806. The zero-order chi connectivity index (χ0) is 14.3. The summed E-state index contributed by atoms with van der Waals surface area (Å²) < 4.78 is 11.7. The van der Waals surface area contributed by atoms with Gasteiger partial charge in [0, 0.05) is 44.6 Å².